The molecule has 0 aliphatic carbocycles. The fraction of sp³-hybridized carbons (Fsp3) is 0.400. The number of hydrogen-bond acceptors (Lipinski definition) is 4. The number of anilines is 2. The molecule has 0 bridgehead atoms. The minimum absolute atomic E-state index is 0.267. The number of hydrogen-bond donors (Lipinski definition) is 0. The number of carbonyl (C=O) groups excluding carboxylic acids is 1. The lowest BCUT2D eigenvalue weighted by Gasteiger charge is -2.23. The molecule has 1 aliphatic heterocycles. The molecule has 0 N–H and O–H groups in total. The zero-order valence-corrected chi connectivity index (χ0v) is 16.2. The Kier molecular flexibility index (Phi) is 5.95. The van der Waals surface area contributed by atoms with Crippen molar-refractivity contribution >= 4 is 17.4 Å². The fourth-order valence-electron chi connectivity index (χ4n) is 3.28. The number of pyridine rings is 1. The second-order valence-electron chi connectivity index (χ2n) is 7.10. The van der Waals surface area contributed by atoms with Crippen molar-refractivity contribution in [3.05, 3.63) is 53.5 Å². The van der Waals surface area contributed by atoms with Gasteiger partial charge in [-0.15, -0.1) is 0 Å². The van der Waals surface area contributed by atoms with E-state index in [9.17, 15) is 22.4 Å². The second kappa shape index (κ2) is 8.26. The van der Waals surface area contributed by atoms with Crippen LogP contribution in [0.15, 0.2) is 36.5 Å². The van der Waals surface area contributed by atoms with Crippen LogP contribution in [0.4, 0.5) is 29.1 Å². The van der Waals surface area contributed by atoms with Gasteiger partial charge >= 0.3 is 6.18 Å². The number of alkyl halides is 3. The number of rotatable bonds is 3. The van der Waals surface area contributed by atoms with E-state index in [2.05, 4.69) is 4.98 Å². The first-order valence-corrected chi connectivity index (χ1v) is 9.21. The van der Waals surface area contributed by atoms with E-state index in [0.29, 0.717) is 44.1 Å². The summed E-state index contributed by atoms with van der Waals surface area (Å²) in [6.07, 6.45) is -2.98. The van der Waals surface area contributed by atoms with E-state index < -0.39 is 17.6 Å². The van der Waals surface area contributed by atoms with Crippen LogP contribution in [0.25, 0.3) is 0 Å². The number of carbonyl (C=O) groups is 1. The summed E-state index contributed by atoms with van der Waals surface area (Å²) in [5, 5.41) is 0. The molecule has 2 aromatic rings. The quantitative estimate of drug-likeness (QED) is 0.725. The molecule has 29 heavy (non-hydrogen) atoms. The third-order valence-corrected chi connectivity index (χ3v) is 4.86. The predicted octanol–water partition coefficient (Wildman–Crippen LogP) is 3.66. The van der Waals surface area contributed by atoms with Gasteiger partial charge in [-0.3, -0.25) is 4.79 Å². The summed E-state index contributed by atoms with van der Waals surface area (Å²) in [5.41, 5.74) is -0.123. The molecule has 1 aromatic heterocycles. The maximum Gasteiger partial charge on any atom is 0.417 e. The van der Waals surface area contributed by atoms with Gasteiger partial charge in [-0.1, -0.05) is 0 Å². The molecule has 1 aromatic carbocycles. The summed E-state index contributed by atoms with van der Waals surface area (Å²) in [5.74, 6) is -0.295. The largest absolute Gasteiger partial charge is 0.417 e. The Bertz CT molecular complexity index is 868. The molecule has 1 saturated heterocycles. The zero-order chi connectivity index (χ0) is 21.2. The molecule has 0 atom stereocenters. The number of benzene rings is 1. The molecule has 0 unspecified atom stereocenters. The molecule has 5 nitrogen and oxygen atoms in total. The first kappa shape index (κ1) is 20.9. The normalized spacial score (nSPS) is 15.2. The Labute approximate surface area is 166 Å². The van der Waals surface area contributed by atoms with Gasteiger partial charge in [-0.2, -0.15) is 13.2 Å². The highest BCUT2D eigenvalue weighted by atomic mass is 19.4. The van der Waals surface area contributed by atoms with E-state index in [1.54, 1.807) is 36.0 Å². The van der Waals surface area contributed by atoms with Crippen molar-refractivity contribution in [2.75, 3.05) is 50.1 Å². The van der Waals surface area contributed by atoms with Crippen molar-refractivity contribution in [2.45, 2.75) is 12.6 Å². The van der Waals surface area contributed by atoms with Gasteiger partial charge in [0.2, 0.25) is 0 Å². The Hall–Kier alpha value is -2.84. The smallest absolute Gasteiger partial charge is 0.375 e. The highest BCUT2D eigenvalue weighted by molar-refractivity contribution is 5.94. The molecule has 2 heterocycles. The number of halogens is 4. The van der Waals surface area contributed by atoms with E-state index in [1.165, 1.54) is 12.1 Å². The molecular weight excluding hydrogens is 388 g/mol. The molecule has 9 heteroatoms. The SMILES string of the molecule is CN(C)c1ccc(C(=O)N2CCCN(c3ccc(C(F)(F)F)cn3)CC2)cc1F. The van der Waals surface area contributed by atoms with Crippen molar-refractivity contribution in [3.63, 3.8) is 0 Å². The van der Waals surface area contributed by atoms with Crippen LogP contribution in [-0.2, 0) is 6.18 Å². The molecule has 0 spiro atoms. The molecule has 1 amide bonds. The maximum atomic E-state index is 14.2. The Morgan fingerprint density at radius 1 is 1.07 bits per heavy atom. The Balaban J connectivity index is 1.68. The van der Waals surface area contributed by atoms with Gasteiger partial charge < -0.3 is 14.7 Å². The highest BCUT2D eigenvalue weighted by Gasteiger charge is 2.31. The third kappa shape index (κ3) is 4.78. The van der Waals surface area contributed by atoms with Crippen LogP contribution < -0.4 is 9.80 Å². The summed E-state index contributed by atoms with van der Waals surface area (Å²) in [6, 6.07) is 6.75. The summed E-state index contributed by atoms with van der Waals surface area (Å²) >= 11 is 0. The molecule has 156 valence electrons. The van der Waals surface area contributed by atoms with E-state index in [-0.39, 0.29) is 11.5 Å². The Morgan fingerprint density at radius 2 is 1.83 bits per heavy atom. The minimum Gasteiger partial charge on any atom is -0.375 e. The lowest BCUT2D eigenvalue weighted by Crippen LogP contribution is -2.35. The van der Waals surface area contributed by atoms with Gasteiger partial charge in [0.25, 0.3) is 5.91 Å². The van der Waals surface area contributed by atoms with Crippen molar-refractivity contribution in [1.82, 2.24) is 9.88 Å². The van der Waals surface area contributed by atoms with E-state index in [1.807, 2.05) is 4.90 Å². The number of amides is 1. The van der Waals surface area contributed by atoms with Crippen LogP contribution in [0.2, 0.25) is 0 Å². The Morgan fingerprint density at radius 3 is 2.41 bits per heavy atom. The fourth-order valence-corrected chi connectivity index (χ4v) is 3.28. The molecule has 1 aliphatic rings. The summed E-state index contributed by atoms with van der Waals surface area (Å²) in [7, 11) is 3.44. The maximum absolute atomic E-state index is 14.2. The van der Waals surface area contributed by atoms with Crippen LogP contribution in [0.3, 0.4) is 0 Å². The summed E-state index contributed by atoms with van der Waals surface area (Å²) in [6.45, 7) is 1.85. The predicted molar refractivity (Wildman–Crippen MR) is 103 cm³/mol. The van der Waals surface area contributed by atoms with Crippen molar-refractivity contribution in [2.24, 2.45) is 0 Å². The average molecular weight is 410 g/mol. The van der Waals surface area contributed by atoms with Gasteiger partial charge in [0.1, 0.15) is 11.6 Å². The van der Waals surface area contributed by atoms with Crippen LogP contribution in [0, 0.1) is 5.82 Å². The number of aromatic nitrogens is 1. The van der Waals surface area contributed by atoms with E-state index >= 15 is 0 Å². The van der Waals surface area contributed by atoms with Crippen molar-refractivity contribution < 1.29 is 22.4 Å². The molecule has 0 saturated carbocycles. The second-order valence-corrected chi connectivity index (χ2v) is 7.10. The monoisotopic (exact) mass is 410 g/mol. The average Bonchev–Trinajstić information content (AvgIpc) is 2.92. The summed E-state index contributed by atoms with van der Waals surface area (Å²) < 4.78 is 52.3. The zero-order valence-electron chi connectivity index (χ0n) is 16.2. The van der Waals surface area contributed by atoms with Gasteiger partial charge in [-0.25, -0.2) is 9.37 Å². The lowest BCUT2D eigenvalue weighted by atomic mass is 10.1. The van der Waals surface area contributed by atoms with Gasteiger partial charge in [0.15, 0.2) is 0 Å². The minimum atomic E-state index is -4.43. The van der Waals surface area contributed by atoms with Crippen molar-refractivity contribution in [3.8, 4) is 0 Å². The third-order valence-electron chi connectivity index (χ3n) is 4.86. The van der Waals surface area contributed by atoms with Crippen molar-refractivity contribution in [1.29, 1.82) is 0 Å². The van der Waals surface area contributed by atoms with E-state index in [4.69, 9.17) is 0 Å². The lowest BCUT2D eigenvalue weighted by molar-refractivity contribution is -0.137. The molecule has 0 radical (unpaired) electrons. The van der Waals surface area contributed by atoms with Gasteiger partial charge in [0.05, 0.1) is 11.3 Å². The highest BCUT2D eigenvalue weighted by Crippen LogP contribution is 2.29. The van der Waals surface area contributed by atoms with Crippen LogP contribution in [-0.4, -0.2) is 56.1 Å². The first-order chi connectivity index (χ1) is 13.7. The molecule has 1 fully saturated rings. The van der Waals surface area contributed by atoms with Crippen LogP contribution in [0.5, 0.6) is 0 Å². The first-order valence-electron chi connectivity index (χ1n) is 9.21. The number of nitrogens with zero attached hydrogens (tertiary/aromatic N) is 4. The molecule has 3 rings (SSSR count). The topological polar surface area (TPSA) is 39.7 Å². The van der Waals surface area contributed by atoms with E-state index in [0.717, 1.165) is 12.3 Å². The van der Waals surface area contributed by atoms with Crippen LogP contribution in [0.1, 0.15) is 22.3 Å². The van der Waals surface area contributed by atoms with Crippen LogP contribution >= 0.6 is 0 Å². The standard InChI is InChI=1S/C20H22F4N4O/c1-26(2)17-6-4-14(12-16(17)21)19(29)28-9-3-8-27(10-11-28)18-7-5-15(13-25-18)20(22,23)24/h4-7,12-13H,3,8-11H2,1-2H3. The summed E-state index contributed by atoms with van der Waals surface area (Å²) in [4.78, 5) is 21.8. The van der Waals surface area contributed by atoms with Gasteiger partial charge in [-0.05, 0) is 36.8 Å². The molecular formula is C20H22F4N4O. The van der Waals surface area contributed by atoms with Gasteiger partial charge in [0, 0.05) is 52.0 Å².